The van der Waals surface area contributed by atoms with Crippen LogP contribution in [0.15, 0.2) is 0 Å². The number of aliphatic hydroxyl groups is 1. The van der Waals surface area contributed by atoms with E-state index >= 15 is 0 Å². The van der Waals surface area contributed by atoms with Crippen molar-refractivity contribution in [1.29, 1.82) is 0 Å². The van der Waals surface area contributed by atoms with Gasteiger partial charge in [0, 0.05) is 26.2 Å². The van der Waals surface area contributed by atoms with Crippen molar-refractivity contribution < 1.29 is 14.7 Å². The number of hydrogen-bond acceptors (Lipinski definition) is 4. The Labute approximate surface area is 126 Å². The molecule has 2 amide bonds. The minimum Gasteiger partial charge on any atom is -0.384 e. The highest BCUT2D eigenvalue weighted by Gasteiger charge is 2.34. The Balaban J connectivity index is 0.00000361. The monoisotopic (exact) mass is 307 g/mol. The lowest BCUT2D eigenvalue weighted by Crippen LogP contribution is -2.59. The van der Waals surface area contributed by atoms with Gasteiger partial charge < -0.3 is 20.6 Å². The average Bonchev–Trinajstić information content (AvgIpc) is 2.37. The lowest BCUT2D eigenvalue weighted by atomic mass is 9.95. The van der Waals surface area contributed by atoms with Gasteiger partial charge in [0.1, 0.15) is 6.10 Å². The van der Waals surface area contributed by atoms with Gasteiger partial charge in [-0.3, -0.25) is 9.59 Å². The third-order valence-electron chi connectivity index (χ3n) is 3.49. The van der Waals surface area contributed by atoms with Crippen LogP contribution in [0.25, 0.3) is 0 Å². The first-order valence-corrected chi connectivity index (χ1v) is 6.84. The summed E-state index contributed by atoms with van der Waals surface area (Å²) in [5, 5.41) is 9.26. The molecule has 1 heterocycles. The molecular formula is C13H26ClN3O3. The predicted molar refractivity (Wildman–Crippen MR) is 79.6 cm³/mol. The fourth-order valence-electron chi connectivity index (χ4n) is 2.38. The second kappa shape index (κ2) is 7.81. The molecule has 2 atom stereocenters. The second-order valence-electron chi connectivity index (χ2n) is 5.46. The zero-order chi connectivity index (χ0) is 14.6. The Hall–Kier alpha value is -0.850. The molecule has 0 aliphatic carbocycles. The third-order valence-corrected chi connectivity index (χ3v) is 3.49. The topological polar surface area (TPSA) is 86.9 Å². The lowest BCUT2D eigenvalue weighted by Gasteiger charge is -2.38. The van der Waals surface area contributed by atoms with Crippen molar-refractivity contribution in [2.45, 2.75) is 45.3 Å². The lowest BCUT2D eigenvalue weighted by molar-refractivity contribution is -0.146. The smallest absolute Gasteiger partial charge is 0.251 e. The van der Waals surface area contributed by atoms with Gasteiger partial charge in [-0.05, 0) is 20.3 Å². The summed E-state index contributed by atoms with van der Waals surface area (Å²) < 4.78 is 0. The highest BCUT2D eigenvalue weighted by molar-refractivity contribution is 5.86. The normalized spacial score (nSPS) is 19.9. The summed E-state index contributed by atoms with van der Waals surface area (Å²) in [5.41, 5.74) is 5.20. The number of halogens is 1. The fourth-order valence-corrected chi connectivity index (χ4v) is 2.38. The van der Waals surface area contributed by atoms with Crippen LogP contribution in [0.2, 0.25) is 0 Å². The summed E-state index contributed by atoms with van der Waals surface area (Å²) in [6, 6.07) is 0. The average molecular weight is 308 g/mol. The van der Waals surface area contributed by atoms with Crippen molar-refractivity contribution in [2.24, 2.45) is 5.73 Å². The van der Waals surface area contributed by atoms with Gasteiger partial charge in [0.25, 0.3) is 5.91 Å². The van der Waals surface area contributed by atoms with Crippen molar-refractivity contribution in [2.75, 3.05) is 26.2 Å². The molecule has 1 aliphatic heterocycles. The Morgan fingerprint density at radius 1 is 1.25 bits per heavy atom. The molecule has 0 saturated carbocycles. The fraction of sp³-hybridized carbons (Fsp3) is 0.846. The summed E-state index contributed by atoms with van der Waals surface area (Å²) in [6.07, 6.45) is 0.528. The zero-order valence-electron chi connectivity index (χ0n) is 12.5. The van der Waals surface area contributed by atoms with Crippen molar-refractivity contribution in [3.05, 3.63) is 0 Å². The Bertz CT molecular complexity index is 340. The minimum absolute atomic E-state index is 0. The number of aliphatic hydroxyl groups excluding tert-OH is 1. The van der Waals surface area contributed by atoms with Gasteiger partial charge in [0.05, 0.1) is 5.54 Å². The summed E-state index contributed by atoms with van der Waals surface area (Å²) in [7, 11) is 0. The summed E-state index contributed by atoms with van der Waals surface area (Å²) in [4.78, 5) is 27.2. The van der Waals surface area contributed by atoms with Gasteiger partial charge in [0.15, 0.2) is 0 Å². The van der Waals surface area contributed by atoms with Crippen molar-refractivity contribution in [3.8, 4) is 0 Å². The first-order chi connectivity index (χ1) is 8.79. The Kier molecular flexibility index (Phi) is 7.47. The molecule has 20 heavy (non-hydrogen) atoms. The number of piperazine rings is 1. The Morgan fingerprint density at radius 2 is 1.70 bits per heavy atom. The molecular weight excluding hydrogens is 282 g/mol. The van der Waals surface area contributed by atoms with E-state index in [1.54, 1.807) is 16.7 Å². The first-order valence-electron chi connectivity index (χ1n) is 6.84. The van der Waals surface area contributed by atoms with Crippen LogP contribution in [0.1, 0.15) is 33.6 Å². The number of nitrogens with two attached hydrogens (primary N) is 1. The van der Waals surface area contributed by atoms with E-state index in [1.165, 1.54) is 6.92 Å². The predicted octanol–water partition coefficient (Wildman–Crippen LogP) is -0.0227. The van der Waals surface area contributed by atoms with E-state index in [1.807, 2.05) is 6.92 Å². The van der Waals surface area contributed by atoms with Crippen LogP contribution in [0.3, 0.4) is 0 Å². The molecule has 0 radical (unpaired) electrons. The maximum absolute atomic E-state index is 12.3. The molecule has 0 aromatic carbocycles. The van der Waals surface area contributed by atoms with Crippen LogP contribution in [0, 0.1) is 0 Å². The number of nitrogens with zero attached hydrogens (tertiary/aromatic N) is 2. The molecule has 0 bridgehead atoms. The van der Waals surface area contributed by atoms with Gasteiger partial charge in [-0.2, -0.15) is 0 Å². The van der Waals surface area contributed by atoms with E-state index in [9.17, 15) is 14.7 Å². The van der Waals surface area contributed by atoms with E-state index in [2.05, 4.69) is 0 Å². The van der Waals surface area contributed by atoms with Crippen molar-refractivity contribution in [1.82, 2.24) is 9.80 Å². The molecule has 1 aliphatic rings. The number of rotatable bonds is 4. The molecule has 2 unspecified atom stereocenters. The largest absolute Gasteiger partial charge is 0.384 e. The molecule has 1 rings (SSSR count). The summed E-state index contributed by atoms with van der Waals surface area (Å²) >= 11 is 0. The standard InChI is InChI=1S/C13H25N3O3.ClH/c1-4-5-13(3,14)12(19)16-8-6-15(7-9-16)11(18)10(2)17;/h10,17H,4-9,14H2,1-3H3;1H. The number of carbonyl (C=O) groups excluding carboxylic acids is 2. The zero-order valence-corrected chi connectivity index (χ0v) is 13.3. The van der Waals surface area contributed by atoms with Crippen LogP contribution in [0.4, 0.5) is 0 Å². The van der Waals surface area contributed by atoms with E-state index in [-0.39, 0.29) is 24.2 Å². The van der Waals surface area contributed by atoms with Crippen LogP contribution in [0.5, 0.6) is 0 Å². The number of amides is 2. The molecule has 0 spiro atoms. The highest BCUT2D eigenvalue weighted by atomic mass is 35.5. The minimum atomic E-state index is -0.984. The SMILES string of the molecule is CCCC(C)(N)C(=O)N1CCN(C(=O)C(C)O)CC1.Cl. The van der Waals surface area contributed by atoms with Crippen molar-refractivity contribution >= 4 is 24.2 Å². The van der Waals surface area contributed by atoms with Gasteiger partial charge in [-0.1, -0.05) is 13.3 Å². The molecule has 1 fully saturated rings. The van der Waals surface area contributed by atoms with Gasteiger partial charge in [0.2, 0.25) is 5.91 Å². The van der Waals surface area contributed by atoms with E-state index in [0.717, 1.165) is 6.42 Å². The van der Waals surface area contributed by atoms with Gasteiger partial charge in [-0.25, -0.2) is 0 Å². The highest BCUT2D eigenvalue weighted by Crippen LogP contribution is 2.15. The van der Waals surface area contributed by atoms with Crippen LogP contribution in [-0.4, -0.2) is 64.5 Å². The molecule has 7 heteroatoms. The molecule has 6 nitrogen and oxygen atoms in total. The molecule has 0 aromatic rings. The third kappa shape index (κ3) is 4.61. The molecule has 1 saturated heterocycles. The van der Waals surface area contributed by atoms with Crippen LogP contribution >= 0.6 is 12.4 Å². The second-order valence-corrected chi connectivity index (χ2v) is 5.46. The molecule has 3 N–H and O–H groups in total. The van der Waals surface area contributed by atoms with Gasteiger partial charge in [-0.15, -0.1) is 12.4 Å². The van der Waals surface area contributed by atoms with Crippen molar-refractivity contribution in [3.63, 3.8) is 0 Å². The van der Waals surface area contributed by atoms with Crippen LogP contribution in [-0.2, 0) is 9.59 Å². The van der Waals surface area contributed by atoms with Crippen LogP contribution < -0.4 is 5.73 Å². The van der Waals surface area contributed by atoms with Gasteiger partial charge >= 0.3 is 0 Å². The van der Waals surface area contributed by atoms with E-state index in [4.69, 9.17) is 5.73 Å². The van der Waals surface area contributed by atoms with E-state index < -0.39 is 11.6 Å². The quantitative estimate of drug-likeness (QED) is 0.764. The maximum atomic E-state index is 12.3. The Morgan fingerprint density at radius 3 is 2.10 bits per heavy atom. The number of hydrogen-bond donors (Lipinski definition) is 2. The maximum Gasteiger partial charge on any atom is 0.251 e. The summed E-state index contributed by atoms with van der Waals surface area (Å²) in [6.45, 7) is 7.08. The molecule has 0 aromatic heterocycles. The summed E-state index contributed by atoms with van der Waals surface area (Å²) in [5.74, 6) is -0.338. The first kappa shape index (κ1) is 19.1. The van der Waals surface area contributed by atoms with E-state index in [0.29, 0.717) is 32.6 Å². The number of carbonyl (C=O) groups is 2. The molecule has 118 valence electrons.